The first-order chi connectivity index (χ1) is 6.23. The molecule has 0 heterocycles. The van der Waals surface area contributed by atoms with Gasteiger partial charge in [0.15, 0.2) is 0 Å². The minimum Gasteiger partial charge on any atom is -0.385 e. The molecule has 0 fully saturated rings. The van der Waals surface area contributed by atoms with Crippen LogP contribution < -0.4 is 0 Å². The zero-order valence-electron chi connectivity index (χ0n) is 8.03. The van der Waals surface area contributed by atoms with E-state index in [-0.39, 0.29) is 0 Å². The topological polar surface area (TPSA) is 20.2 Å². The van der Waals surface area contributed by atoms with E-state index in [0.717, 1.165) is 5.56 Å². The van der Waals surface area contributed by atoms with Crippen LogP contribution in [0.5, 0.6) is 0 Å². The second-order valence-electron chi connectivity index (χ2n) is 3.24. The number of hydrogen-bond acceptors (Lipinski definition) is 1. The lowest BCUT2D eigenvalue weighted by Crippen LogP contribution is -2.23. The highest BCUT2D eigenvalue weighted by molar-refractivity contribution is 5.22. The largest absolute Gasteiger partial charge is 0.385 e. The van der Waals surface area contributed by atoms with Gasteiger partial charge in [0.1, 0.15) is 0 Å². The lowest BCUT2D eigenvalue weighted by Gasteiger charge is -2.25. The molecule has 0 aliphatic rings. The molecule has 0 aromatic heterocycles. The molecule has 0 amide bonds. The van der Waals surface area contributed by atoms with Crippen LogP contribution in [0.25, 0.3) is 0 Å². The van der Waals surface area contributed by atoms with Crippen molar-refractivity contribution in [2.45, 2.75) is 25.4 Å². The van der Waals surface area contributed by atoms with E-state index in [1.165, 1.54) is 0 Å². The molecule has 1 heteroatoms. The second kappa shape index (κ2) is 4.24. The fourth-order valence-electron chi connectivity index (χ4n) is 1.45. The van der Waals surface area contributed by atoms with Crippen molar-refractivity contribution < 1.29 is 5.11 Å². The molecule has 1 atom stereocenters. The Kier molecular flexibility index (Phi) is 3.26. The highest BCUT2D eigenvalue weighted by Crippen LogP contribution is 2.28. The fraction of sp³-hybridized carbons (Fsp3) is 0.333. The quantitative estimate of drug-likeness (QED) is 0.699. The molecule has 0 bridgehead atoms. The van der Waals surface area contributed by atoms with Gasteiger partial charge < -0.3 is 5.11 Å². The Morgan fingerprint density at radius 1 is 1.38 bits per heavy atom. The molecule has 1 rings (SSSR count). The molecule has 0 aliphatic heterocycles. The molecular formula is C12H16O. The molecule has 0 aliphatic carbocycles. The van der Waals surface area contributed by atoms with Crippen molar-refractivity contribution in [2.24, 2.45) is 0 Å². The van der Waals surface area contributed by atoms with Crippen molar-refractivity contribution in [3.8, 4) is 0 Å². The van der Waals surface area contributed by atoms with Crippen molar-refractivity contribution >= 4 is 0 Å². The third-order valence-corrected chi connectivity index (χ3v) is 2.38. The van der Waals surface area contributed by atoms with Gasteiger partial charge in [-0.1, -0.05) is 43.3 Å². The van der Waals surface area contributed by atoms with E-state index in [1.807, 2.05) is 37.3 Å². The van der Waals surface area contributed by atoms with E-state index in [4.69, 9.17) is 0 Å². The summed E-state index contributed by atoms with van der Waals surface area (Å²) in [5.74, 6) is 0. The van der Waals surface area contributed by atoms with Gasteiger partial charge in [-0.15, -0.1) is 6.58 Å². The van der Waals surface area contributed by atoms with E-state index >= 15 is 0 Å². The van der Waals surface area contributed by atoms with Gasteiger partial charge in [-0.2, -0.15) is 0 Å². The van der Waals surface area contributed by atoms with Crippen LogP contribution in [0.3, 0.4) is 0 Å². The summed E-state index contributed by atoms with van der Waals surface area (Å²) in [4.78, 5) is 0. The summed E-state index contributed by atoms with van der Waals surface area (Å²) in [6, 6.07) is 9.74. The molecule has 0 radical (unpaired) electrons. The predicted molar refractivity (Wildman–Crippen MR) is 55.4 cm³/mol. The van der Waals surface area contributed by atoms with Crippen LogP contribution in [0, 0.1) is 0 Å². The van der Waals surface area contributed by atoms with Gasteiger partial charge in [-0.05, 0) is 18.4 Å². The molecule has 0 spiro atoms. The smallest absolute Gasteiger partial charge is 0.0928 e. The Bertz CT molecular complexity index is 266. The van der Waals surface area contributed by atoms with Gasteiger partial charge in [0.05, 0.1) is 5.60 Å². The summed E-state index contributed by atoms with van der Waals surface area (Å²) in [7, 11) is 0. The summed E-state index contributed by atoms with van der Waals surface area (Å²) in [5.41, 5.74) is 0.237. The maximum absolute atomic E-state index is 10.2. The molecule has 1 aromatic rings. The minimum absolute atomic E-state index is 0.605. The standard InChI is InChI=1S/C12H16O/c1-3-10-12(13,4-2)11-8-6-5-7-9-11/h3,5-9,13H,1,4,10H2,2H3/t12-/m0/s1. The van der Waals surface area contributed by atoms with Crippen LogP contribution in [-0.4, -0.2) is 5.11 Å². The first-order valence-electron chi connectivity index (χ1n) is 4.62. The van der Waals surface area contributed by atoms with Crippen molar-refractivity contribution in [1.29, 1.82) is 0 Å². The lowest BCUT2D eigenvalue weighted by atomic mass is 9.88. The predicted octanol–water partition coefficient (Wildman–Crippen LogP) is 2.86. The number of aliphatic hydroxyl groups is 1. The van der Waals surface area contributed by atoms with E-state index in [0.29, 0.717) is 12.8 Å². The summed E-state index contributed by atoms with van der Waals surface area (Å²) >= 11 is 0. The van der Waals surface area contributed by atoms with Gasteiger partial charge in [0.2, 0.25) is 0 Å². The summed E-state index contributed by atoms with van der Waals surface area (Å²) < 4.78 is 0. The molecule has 70 valence electrons. The van der Waals surface area contributed by atoms with Crippen LogP contribution >= 0.6 is 0 Å². The molecule has 0 saturated carbocycles. The van der Waals surface area contributed by atoms with Crippen LogP contribution in [-0.2, 0) is 5.60 Å². The first kappa shape index (κ1) is 10.0. The van der Waals surface area contributed by atoms with Crippen molar-refractivity contribution in [1.82, 2.24) is 0 Å². The van der Waals surface area contributed by atoms with Crippen molar-refractivity contribution in [3.05, 3.63) is 48.6 Å². The van der Waals surface area contributed by atoms with Gasteiger partial charge >= 0.3 is 0 Å². The monoisotopic (exact) mass is 176 g/mol. The van der Waals surface area contributed by atoms with E-state index in [9.17, 15) is 5.11 Å². The average molecular weight is 176 g/mol. The zero-order valence-corrected chi connectivity index (χ0v) is 8.03. The summed E-state index contributed by atoms with van der Waals surface area (Å²) in [6.45, 7) is 5.64. The SMILES string of the molecule is C=CC[C@@](O)(CC)c1ccccc1. The molecule has 0 saturated heterocycles. The molecule has 13 heavy (non-hydrogen) atoms. The lowest BCUT2D eigenvalue weighted by molar-refractivity contribution is 0.0356. The Labute approximate surface area is 79.7 Å². The highest BCUT2D eigenvalue weighted by Gasteiger charge is 2.24. The Morgan fingerprint density at radius 3 is 2.46 bits per heavy atom. The third-order valence-electron chi connectivity index (χ3n) is 2.38. The molecule has 1 N–H and O–H groups in total. The first-order valence-corrected chi connectivity index (χ1v) is 4.62. The highest BCUT2D eigenvalue weighted by atomic mass is 16.3. The van der Waals surface area contributed by atoms with E-state index < -0.39 is 5.60 Å². The van der Waals surface area contributed by atoms with E-state index in [2.05, 4.69) is 6.58 Å². The summed E-state index contributed by atoms with van der Waals surface area (Å²) in [5, 5.41) is 10.2. The van der Waals surface area contributed by atoms with Gasteiger partial charge in [0, 0.05) is 0 Å². The molecular weight excluding hydrogens is 160 g/mol. The maximum Gasteiger partial charge on any atom is 0.0928 e. The van der Waals surface area contributed by atoms with Gasteiger partial charge in [0.25, 0.3) is 0 Å². The average Bonchev–Trinajstić information content (AvgIpc) is 2.19. The molecule has 1 aromatic carbocycles. The second-order valence-corrected chi connectivity index (χ2v) is 3.24. The Morgan fingerprint density at radius 2 is 2.00 bits per heavy atom. The van der Waals surface area contributed by atoms with Crippen LogP contribution in [0.1, 0.15) is 25.3 Å². The van der Waals surface area contributed by atoms with Crippen LogP contribution in [0.4, 0.5) is 0 Å². The molecule has 1 nitrogen and oxygen atoms in total. The van der Waals surface area contributed by atoms with E-state index in [1.54, 1.807) is 6.08 Å². The maximum atomic E-state index is 10.2. The Balaban J connectivity index is 2.95. The van der Waals surface area contributed by atoms with Crippen molar-refractivity contribution in [2.75, 3.05) is 0 Å². The van der Waals surface area contributed by atoms with Crippen molar-refractivity contribution in [3.63, 3.8) is 0 Å². The normalized spacial score (nSPS) is 14.9. The van der Waals surface area contributed by atoms with Crippen LogP contribution in [0.2, 0.25) is 0 Å². The number of benzene rings is 1. The number of rotatable bonds is 4. The summed E-state index contributed by atoms with van der Waals surface area (Å²) in [6.07, 6.45) is 3.08. The van der Waals surface area contributed by atoms with Crippen LogP contribution in [0.15, 0.2) is 43.0 Å². The third kappa shape index (κ3) is 2.19. The van der Waals surface area contributed by atoms with Gasteiger partial charge in [-0.3, -0.25) is 0 Å². The minimum atomic E-state index is -0.733. The number of hydrogen-bond donors (Lipinski definition) is 1. The zero-order chi connectivity index (χ0) is 9.73. The molecule has 0 unspecified atom stereocenters. The fourth-order valence-corrected chi connectivity index (χ4v) is 1.45. The van der Waals surface area contributed by atoms with Gasteiger partial charge in [-0.25, -0.2) is 0 Å². The Hall–Kier alpha value is -1.08.